The minimum absolute atomic E-state index is 0.193. The first-order valence-electron chi connectivity index (χ1n) is 10.5. The van der Waals surface area contributed by atoms with Gasteiger partial charge in [0.1, 0.15) is 11.4 Å². The molecule has 1 aliphatic rings. The second kappa shape index (κ2) is 7.95. The van der Waals surface area contributed by atoms with E-state index in [4.69, 9.17) is 10.00 Å². The Kier molecular flexibility index (Phi) is 5.32. The first-order valence-corrected chi connectivity index (χ1v) is 10.5. The maximum Gasteiger partial charge on any atom is 0.410 e. The topological polar surface area (TPSA) is 83.2 Å². The molecule has 0 saturated carbocycles. The van der Waals surface area contributed by atoms with Gasteiger partial charge in [-0.2, -0.15) is 5.26 Å². The summed E-state index contributed by atoms with van der Waals surface area (Å²) in [4.78, 5) is 18.6. The predicted octanol–water partition coefficient (Wildman–Crippen LogP) is 4.63. The molecule has 3 aromatic rings. The van der Waals surface area contributed by atoms with Crippen LogP contribution in [0.15, 0.2) is 42.5 Å². The molecular weight excluding hydrogens is 390 g/mol. The van der Waals surface area contributed by atoms with Crippen LogP contribution in [-0.2, 0) is 4.74 Å². The number of rotatable bonds is 3. The molecule has 31 heavy (non-hydrogen) atoms. The van der Waals surface area contributed by atoms with Gasteiger partial charge in [0, 0.05) is 30.5 Å². The van der Waals surface area contributed by atoms with Crippen LogP contribution in [0.5, 0.6) is 0 Å². The number of aromatic nitrogens is 2. The molecule has 0 radical (unpaired) electrons. The largest absolute Gasteiger partial charge is 0.444 e. The fourth-order valence-corrected chi connectivity index (χ4v) is 3.91. The Morgan fingerprint density at radius 3 is 2.65 bits per heavy atom. The Labute approximate surface area is 182 Å². The number of aryl methyl sites for hydroxylation is 1. The van der Waals surface area contributed by atoms with Crippen LogP contribution >= 0.6 is 0 Å². The molecule has 160 valence electrons. The van der Waals surface area contributed by atoms with Gasteiger partial charge in [-0.1, -0.05) is 0 Å². The van der Waals surface area contributed by atoms with Crippen LogP contribution in [0, 0.1) is 18.3 Å². The van der Waals surface area contributed by atoms with Gasteiger partial charge in [-0.25, -0.2) is 9.78 Å². The van der Waals surface area contributed by atoms with Gasteiger partial charge in [0.2, 0.25) is 0 Å². The second-order valence-corrected chi connectivity index (χ2v) is 8.91. The van der Waals surface area contributed by atoms with Crippen LogP contribution < -0.4 is 5.32 Å². The SMILES string of the molecule is Cc1nc2cc(C#N)ccc2n1-c1ccc(NC2CCN(C(=O)OC(C)(C)C)C2)cc1. The number of likely N-dealkylation sites (tertiary alicyclic amines) is 1. The van der Waals surface area contributed by atoms with E-state index in [0.29, 0.717) is 18.7 Å². The lowest BCUT2D eigenvalue weighted by molar-refractivity contribution is 0.0293. The molecule has 1 atom stereocenters. The number of anilines is 1. The van der Waals surface area contributed by atoms with Crippen molar-refractivity contribution in [1.82, 2.24) is 14.5 Å². The van der Waals surface area contributed by atoms with Crippen molar-refractivity contribution in [3.8, 4) is 11.8 Å². The Morgan fingerprint density at radius 2 is 1.97 bits per heavy atom. The number of amides is 1. The summed E-state index contributed by atoms with van der Waals surface area (Å²) < 4.78 is 7.55. The molecule has 1 saturated heterocycles. The normalized spacial score (nSPS) is 16.4. The predicted molar refractivity (Wildman–Crippen MR) is 120 cm³/mol. The average Bonchev–Trinajstić information content (AvgIpc) is 3.30. The zero-order valence-electron chi connectivity index (χ0n) is 18.3. The zero-order chi connectivity index (χ0) is 22.2. The Balaban J connectivity index is 1.45. The lowest BCUT2D eigenvalue weighted by Crippen LogP contribution is -2.36. The zero-order valence-corrected chi connectivity index (χ0v) is 18.3. The van der Waals surface area contributed by atoms with Gasteiger partial charge < -0.3 is 15.0 Å². The number of hydrogen-bond acceptors (Lipinski definition) is 5. The van der Waals surface area contributed by atoms with E-state index in [9.17, 15) is 4.79 Å². The number of imidazole rings is 1. The third kappa shape index (κ3) is 4.48. The third-order valence-corrected chi connectivity index (χ3v) is 5.29. The summed E-state index contributed by atoms with van der Waals surface area (Å²) in [5.41, 5.74) is 3.93. The van der Waals surface area contributed by atoms with Gasteiger partial charge >= 0.3 is 6.09 Å². The average molecular weight is 418 g/mol. The number of ether oxygens (including phenoxy) is 1. The molecule has 0 aliphatic carbocycles. The molecule has 0 spiro atoms. The Morgan fingerprint density at radius 1 is 1.23 bits per heavy atom. The van der Waals surface area contributed by atoms with Gasteiger partial charge in [0.05, 0.1) is 22.7 Å². The fraction of sp³-hybridized carbons (Fsp3) is 0.375. The number of nitrogens with zero attached hydrogens (tertiary/aromatic N) is 4. The van der Waals surface area contributed by atoms with Crippen molar-refractivity contribution in [2.24, 2.45) is 0 Å². The molecule has 1 unspecified atom stereocenters. The first-order chi connectivity index (χ1) is 14.7. The minimum atomic E-state index is -0.482. The number of carbonyl (C=O) groups is 1. The van der Waals surface area contributed by atoms with E-state index < -0.39 is 5.60 Å². The lowest BCUT2D eigenvalue weighted by Gasteiger charge is -2.24. The van der Waals surface area contributed by atoms with Gasteiger partial charge in [0.15, 0.2) is 0 Å². The van der Waals surface area contributed by atoms with Crippen molar-refractivity contribution in [2.45, 2.75) is 45.8 Å². The molecule has 0 bridgehead atoms. The van der Waals surface area contributed by atoms with Crippen LogP contribution in [0.4, 0.5) is 10.5 Å². The summed E-state index contributed by atoms with van der Waals surface area (Å²) in [6.45, 7) is 8.92. The highest BCUT2D eigenvalue weighted by Gasteiger charge is 2.29. The smallest absolute Gasteiger partial charge is 0.410 e. The van der Waals surface area contributed by atoms with E-state index in [1.165, 1.54) is 0 Å². The molecule has 7 heteroatoms. The van der Waals surface area contributed by atoms with Crippen LogP contribution in [-0.4, -0.2) is 45.3 Å². The monoisotopic (exact) mass is 417 g/mol. The molecule has 1 aliphatic heterocycles. The van der Waals surface area contributed by atoms with Crippen LogP contribution in [0.25, 0.3) is 16.7 Å². The molecule has 2 heterocycles. The van der Waals surface area contributed by atoms with Gasteiger partial charge in [-0.05, 0) is 76.6 Å². The third-order valence-electron chi connectivity index (χ3n) is 5.29. The van der Waals surface area contributed by atoms with Crippen molar-refractivity contribution in [1.29, 1.82) is 5.26 Å². The maximum atomic E-state index is 12.3. The number of nitriles is 1. The van der Waals surface area contributed by atoms with E-state index in [-0.39, 0.29) is 12.1 Å². The molecule has 2 aromatic carbocycles. The quantitative estimate of drug-likeness (QED) is 0.672. The van der Waals surface area contributed by atoms with Crippen molar-refractivity contribution >= 4 is 22.8 Å². The summed E-state index contributed by atoms with van der Waals surface area (Å²) in [7, 11) is 0. The van der Waals surface area contributed by atoms with Crippen molar-refractivity contribution in [3.05, 3.63) is 53.9 Å². The van der Waals surface area contributed by atoms with Crippen LogP contribution in [0.1, 0.15) is 38.6 Å². The molecule has 7 nitrogen and oxygen atoms in total. The summed E-state index contributed by atoms with van der Waals surface area (Å²) in [5.74, 6) is 0.870. The summed E-state index contributed by atoms with van der Waals surface area (Å²) >= 11 is 0. The fourth-order valence-electron chi connectivity index (χ4n) is 3.91. The number of carbonyl (C=O) groups excluding carboxylic acids is 1. The molecule has 1 fully saturated rings. The highest BCUT2D eigenvalue weighted by Crippen LogP contribution is 2.24. The molecule has 1 aromatic heterocycles. The number of nitrogens with one attached hydrogen (secondary N) is 1. The first kappa shape index (κ1) is 20.7. The standard InChI is InChI=1S/C24H27N5O2/c1-16-26-21-13-17(14-25)5-10-22(21)29(16)20-8-6-18(7-9-20)27-19-11-12-28(15-19)23(30)31-24(2,3)4/h5-10,13,19,27H,11-12,15H2,1-4H3. The molecular formula is C24H27N5O2. The van der Waals surface area contributed by atoms with Crippen molar-refractivity contribution in [3.63, 3.8) is 0 Å². The van der Waals surface area contributed by atoms with Crippen molar-refractivity contribution in [2.75, 3.05) is 18.4 Å². The van der Waals surface area contributed by atoms with Gasteiger partial charge in [-0.15, -0.1) is 0 Å². The molecule has 4 rings (SSSR count). The van der Waals surface area contributed by atoms with Gasteiger partial charge in [-0.3, -0.25) is 4.57 Å². The lowest BCUT2D eigenvalue weighted by atomic mass is 10.2. The van der Waals surface area contributed by atoms with Crippen molar-refractivity contribution < 1.29 is 9.53 Å². The van der Waals surface area contributed by atoms with E-state index in [1.807, 2.05) is 58.0 Å². The van der Waals surface area contributed by atoms with E-state index in [0.717, 1.165) is 34.7 Å². The highest BCUT2D eigenvalue weighted by molar-refractivity contribution is 5.80. The summed E-state index contributed by atoms with van der Waals surface area (Å²) in [6, 6.07) is 16.1. The summed E-state index contributed by atoms with van der Waals surface area (Å²) in [5, 5.41) is 12.6. The van der Waals surface area contributed by atoms with E-state index in [2.05, 4.69) is 33.1 Å². The maximum absolute atomic E-state index is 12.3. The van der Waals surface area contributed by atoms with Crippen LogP contribution in [0.2, 0.25) is 0 Å². The van der Waals surface area contributed by atoms with Gasteiger partial charge in [0.25, 0.3) is 0 Å². The second-order valence-electron chi connectivity index (χ2n) is 8.91. The number of benzene rings is 2. The van der Waals surface area contributed by atoms with E-state index in [1.54, 1.807) is 4.90 Å². The van der Waals surface area contributed by atoms with Crippen LogP contribution in [0.3, 0.4) is 0 Å². The number of hydrogen-bond donors (Lipinski definition) is 1. The van der Waals surface area contributed by atoms with E-state index >= 15 is 0 Å². The number of fused-ring (bicyclic) bond motifs is 1. The Bertz CT molecular complexity index is 1150. The molecule has 1 N–H and O–H groups in total. The molecule has 1 amide bonds. The summed E-state index contributed by atoms with van der Waals surface area (Å²) in [6.07, 6.45) is 0.627. The minimum Gasteiger partial charge on any atom is -0.444 e. The Hall–Kier alpha value is -3.53. The highest BCUT2D eigenvalue weighted by atomic mass is 16.6.